The Labute approximate surface area is 105 Å². The van der Waals surface area contributed by atoms with Crippen molar-refractivity contribution in [2.45, 2.75) is 32.2 Å². The Balaban J connectivity index is 2.37. The van der Waals surface area contributed by atoms with Crippen LogP contribution in [-0.2, 0) is 11.3 Å². The van der Waals surface area contributed by atoms with Gasteiger partial charge in [-0.25, -0.2) is 10.8 Å². The predicted molar refractivity (Wildman–Crippen MR) is 62.5 cm³/mol. The van der Waals surface area contributed by atoms with Crippen molar-refractivity contribution in [3.63, 3.8) is 0 Å². The van der Waals surface area contributed by atoms with Gasteiger partial charge < -0.3 is 4.57 Å². The second-order valence-corrected chi connectivity index (χ2v) is 3.74. The topological polar surface area (TPSA) is 121 Å². The fourth-order valence-electron chi connectivity index (χ4n) is 1.57. The maximum Gasteiger partial charge on any atom is 0.233 e. The van der Waals surface area contributed by atoms with E-state index in [0.29, 0.717) is 13.0 Å². The molecule has 94 valence electrons. The molecule has 7 heteroatoms. The minimum atomic E-state index is -0.179. The van der Waals surface area contributed by atoms with Crippen LogP contribution in [0, 0.1) is 22.7 Å². The van der Waals surface area contributed by atoms with Crippen LogP contribution in [0.25, 0.3) is 0 Å². The van der Waals surface area contributed by atoms with Gasteiger partial charge in [0, 0.05) is 13.0 Å². The molecule has 1 rings (SSSR count). The summed E-state index contributed by atoms with van der Waals surface area (Å²) in [6.07, 6.45) is 4.29. The Morgan fingerprint density at radius 1 is 1.39 bits per heavy atom. The first-order valence-corrected chi connectivity index (χ1v) is 5.57. The lowest BCUT2D eigenvalue weighted by atomic mass is 10.2. The zero-order valence-corrected chi connectivity index (χ0v) is 9.89. The molecule has 0 aromatic carbocycles. The molecule has 0 atom stereocenters. The summed E-state index contributed by atoms with van der Waals surface area (Å²) in [4.78, 5) is 14.7. The van der Waals surface area contributed by atoms with E-state index in [2.05, 4.69) is 10.4 Å². The minimum absolute atomic E-state index is 0.153. The molecule has 0 spiro atoms. The van der Waals surface area contributed by atoms with Crippen molar-refractivity contribution in [1.29, 1.82) is 10.5 Å². The number of nitrogens with zero attached hydrogens (tertiary/aromatic N) is 4. The molecular weight excluding hydrogens is 232 g/mol. The van der Waals surface area contributed by atoms with Crippen LogP contribution in [-0.4, -0.2) is 15.5 Å². The van der Waals surface area contributed by atoms with E-state index in [1.807, 2.05) is 12.1 Å². The summed E-state index contributed by atoms with van der Waals surface area (Å²) >= 11 is 0. The van der Waals surface area contributed by atoms with Crippen LogP contribution < -0.4 is 11.3 Å². The van der Waals surface area contributed by atoms with E-state index in [9.17, 15) is 4.79 Å². The number of nitrogens with one attached hydrogen (secondary N) is 1. The van der Waals surface area contributed by atoms with Crippen molar-refractivity contribution >= 4 is 5.91 Å². The van der Waals surface area contributed by atoms with E-state index in [4.69, 9.17) is 16.4 Å². The first-order valence-electron chi connectivity index (χ1n) is 5.57. The van der Waals surface area contributed by atoms with Gasteiger partial charge in [0.1, 0.15) is 12.1 Å². The standard InChI is InChI=1S/C11H14N6O/c12-6-9-10(7-13)17(8-15-9)5-3-1-2-4-11(18)16-14/h8H,1-5,14H2,(H,16,18). The molecule has 0 saturated heterocycles. The third-order valence-electron chi connectivity index (χ3n) is 2.51. The van der Waals surface area contributed by atoms with Gasteiger partial charge in [0.25, 0.3) is 0 Å². The highest BCUT2D eigenvalue weighted by Crippen LogP contribution is 2.08. The average molecular weight is 246 g/mol. The number of nitrogens with two attached hydrogens (primary N) is 1. The number of aromatic nitrogens is 2. The summed E-state index contributed by atoms with van der Waals surface area (Å²) in [7, 11) is 0. The second-order valence-electron chi connectivity index (χ2n) is 3.74. The molecular formula is C11H14N6O. The Kier molecular flexibility index (Phi) is 5.36. The fraction of sp³-hybridized carbons (Fsp3) is 0.455. The van der Waals surface area contributed by atoms with E-state index in [-0.39, 0.29) is 17.3 Å². The monoisotopic (exact) mass is 246 g/mol. The normalized spacial score (nSPS) is 9.50. The molecule has 7 nitrogen and oxygen atoms in total. The third-order valence-corrected chi connectivity index (χ3v) is 2.51. The molecule has 0 aliphatic heterocycles. The first-order chi connectivity index (χ1) is 8.72. The second kappa shape index (κ2) is 7.05. The van der Waals surface area contributed by atoms with Crippen molar-refractivity contribution in [1.82, 2.24) is 15.0 Å². The van der Waals surface area contributed by atoms with Gasteiger partial charge in [0.15, 0.2) is 11.4 Å². The smallest absolute Gasteiger partial charge is 0.233 e. The van der Waals surface area contributed by atoms with Gasteiger partial charge in [-0.3, -0.25) is 10.2 Å². The van der Waals surface area contributed by atoms with Crippen LogP contribution >= 0.6 is 0 Å². The van der Waals surface area contributed by atoms with Crippen molar-refractivity contribution in [3.05, 3.63) is 17.7 Å². The van der Waals surface area contributed by atoms with Gasteiger partial charge >= 0.3 is 0 Å². The maximum absolute atomic E-state index is 10.9. The molecule has 1 aromatic rings. The molecule has 0 bridgehead atoms. The Morgan fingerprint density at radius 3 is 2.78 bits per heavy atom. The number of amides is 1. The quantitative estimate of drug-likeness (QED) is 0.321. The Bertz CT molecular complexity index is 493. The van der Waals surface area contributed by atoms with Gasteiger partial charge in [-0.1, -0.05) is 6.42 Å². The highest BCUT2D eigenvalue weighted by molar-refractivity contribution is 5.74. The summed E-state index contributed by atoms with van der Waals surface area (Å²) in [5.41, 5.74) is 2.51. The highest BCUT2D eigenvalue weighted by atomic mass is 16.2. The number of imidazole rings is 1. The van der Waals surface area contributed by atoms with Gasteiger partial charge in [0.2, 0.25) is 5.91 Å². The van der Waals surface area contributed by atoms with E-state index >= 15 is 0 Å². The van der Waals surface area contributed by atoms with Gasteiger partial charge in [-0.15, -0.1) is 0 Å². The maximum atomic E-state index is 10.9. The van der Waals surface area contributed by atoms with E-state index in [1.165, 1.54) is 6.33 Å². The van der Waals surface area contributed by atoms with Gasteiger partial charge in [-0.2, -0.15) is 10.5 Å². The SMILES string of the molecule is N#Cc1ncn(CCCCCC(=O)NN)c1C#N. The number of unbranched alkanes of at least 4 members (excludes halogenated alkanes) is 2. The van der Waals surface area contributed by atoms with Gasteiger partial charge in [-0.05, 0) is 12.8 Å². The number of nitriles is 2. The summed E-state index contributed by atoms with van der Waals surface area (Å²) in [5.74, 6) is 4.78. The van der Waals surface area contributed by atoms with Crippen LogP contribution in [0.4, 0.5) is 0 Å². The van der Waals surface area contributed by atoms with E-state index in [1.54, 1.807) is 4.57 Å². The first kappa shape index (κ1) is 13.7. The summed E-state index contributed by atoms with van der Waals surface area (Å²) < 4.78 is 1.65. The summed E-state index contributed by atoms with van der Waals surface area (Å²) in [6.45, 7) is 0.613. The number of hydrogen-bond donors (Lipinski definition) is 2. The van der Waals surface area contributed by atoms with Crippen LogP contribution in [0.1, 0.15) is 37.1 Å². The molecule has 1 heterocycles. The van der Waals surface area contributed by atoms with Crippen LogP contribution in [0.3, 0.4) is 0 Å². The third kappa shape index (κ3) is 3.58. The zero-order chi connectivity index (χ0) is 13.4. The van der Waals surface area contributed by atoms with Crippen molar-refractivity contribution in [3.8, 4) is 12.1 Å². The number of hydrogen-bond acceptors (Lipinski definition) is 5. The Hall–Kier alpha value is -2.38. The molecule has 1 amide bonds. The highest BCUT2D eigenvalue weighted by Gasteiger charge is 2.09. The molecule has 0 aliphatic rings. The zero-order valence-electron chi connectivity index (χ0n) is 9.89. The van der Waals surface area contributed by atoms with Crippen LogP contribution in [0.2, 0.25) is 0 Å². The molecule has 3 N–H and O–H groups in total. The minimum Gasteiger partial charge on any atom is -0.321 e. The largest absolute Gasteiger partial charge is 0.321 e. The van der Waals surface area contributed by atoms with Crippen molar-refractivity contribution < 1.29 is 4.79 Å². The van der Waals surface area contributed by atoms with Crippen LogP contribution in [0.5, 0.6) is 0 Å². The molecule has 0 radical (unpaired) electrons. The Morgan fingerprint density at radius 2 is 2.17 bits per heavy atom. The van der Waals surface area contributed by atoms with Crippen molar-refractivity contribution in [2.75, 3.05) is 0 Å². The number of aryl methyl sites for hydroxylation is 1. The molecule has 0 fully saturated rings. The lowest BCUT2D eigenvalue weighted by Gasteiger charge is -2.03. The van der Waals surface area contributed by atoms with E-state index < -0.39 is 0 Å². The molecule has 0 unspecified atom stereocenters. The number of hydrazine groups is 1. The van der Waals surface area contributed by atoms with Crippen LogP contribution in [0.15, 0.2) is 6.33 Å². The number of carbonyl (C=O) groups is 1. The summed E-state index contributed by atoms with van der Waals surface area (Å²) in [6, 6.07) is 3.83. The van der Waals surface area contributed by atoms with Gasteiger partial charge in [0.05, 0.1) is 6.33 Å². The molecule has 1 aromatic heterocycles. The number of carbonyl (C=O) groups excluding carboxylic acids is 1. The van der Waals surface area contributed by atoms with Crippen molar-refractivity contribution in [2.24, 2.45) is 5.84 Å². The average Bonchev–Trinajstić information content (AvgIpc) is 2.79. The lowest BCUT2D eigenvalue weighted by molar-refractivity contribution is -0.121. The lowest BCUT2D eigenvalue weighted by Crippen LogP contribution is -2.29. The molecule has 0 saturated carbocycles. The predicted octanol–water partition coefficient (Wildman–Crippen LogP) is 0.177. The molecule has 18 heavy (non-hydrogen) atoms. The fourth-order valence-corrected chi connectivity index (χ4v) is 1.57. The summed E-state index contributed by atoms with van der Waals surface area (Å²) in [5, 5.41) is 17.6. The number of rotatable bonds is 6. The van der Waals surface area contributed by atoms with E-state index in [0.717, 1.165) is 19.3 Å². The molecule has 0 aliphatic carbocycles.